The van der Waals surface area contributed by atoms with E-state index in [0.29, 0.717) is 13.2 Å². The van der Waals surface area contributed by atoms with E-state index >= 15 is 0 Å². The number of ether oxygens (including phenoxy) is 2. The highest BCUT2D eigenvalue weighted by Crippen LogP contribution is 2.17. The standard InChI is InChI=1S/C13H23IO4/c1-4-6-8-17-12(15)10(3)11(14)13(16)18-9-7-5-2/h10-11H,4-9H2,1-3H3. The fourth-order valence-corrected chi connectivity index (χ4v) is 1.64. The summed E-state index contributed by atoms with van der Waals surface area (Å²) >= 11 is 1.95. The van der Waals surface area contributed by atoms with Crippen LogP contribution in [0.4, 0.5) is 0 Å². The quantitative estimate of drug-likeness (QED) is 0.271. The van der Waals surface area contributed by atoms with E-state index in [4.69, 9.17) is 9.47 Å². The first-order chi connectivity index (χ1) is 8.54. The lowest BCUT2D eigenvalue weighted by Gasteiger charge is -2.16. The summed E-state index contributed by atoms with van der Waals surface area (Å²) in [6, 6.07) is 0. The van der Waals surface area contributed by atoms with E-state index in [1.807, 2.05) is 36.4 Å². The number of carbonyl (C=O) groups is 2. The van der Waals surface area contributed by atoms with Crippen LogP contribution in [0.3, 0.4) is 0 Å². The number of esters is 2. The molecule has 0 saturated carbocycles. The molecule has 0 aliphatic carbocycles. The van der Waals surface area contributed by atoms with Gasteiger partial charge >= 0.3 is 11.9 Å². The average molecular weight is 370 g/mol. The van der Waals surface area contributed by atoms with E-state index in [1.54, 1.807) is 6.92 Å². The van der Waals surface area contributed by atoms with Gasteiger partial charge in [0.2, 0.25) is 0 Å². The van der Waals surface area contributed by atoms with Crippen molar-refractivity contribution >= 4 is 34.5 Å². The van der Waals surface area contributed by atoms with Crippen molar-refractivity contribution in [1.29, 1.82) is 0 Å². The van der Waals surface area contributed by atoms with Crippen molar-refractivity contribution in [3.8, 4) is 0 Å². The lowest BCUT2D eigenvalue weighted by Crippen LogP contribution is -2.31. The zero-order valence-corrected chi connectivity index (χ0v) is 13.6. The smallest absolute Gasteiger partial charge is 0.319 e. The summed E-state index contributed by atoms with van der Waals surface area (Å²) in [5, 5.41) is 0. The van der Waals surface area contributed by atoms with Crippen molar-refractivity contribution in [3.63, 3.8) is 0 Å². The lowest BCUT2D eigenvalue weighted by atomic mass is 10.1. The molecule has 2 unspecified atom stereocenters. The summed E-state index contributed by atoms with van der Waals surface area (Å²) in [6.07, 6.45) is 3.66. The molecule has 0 aromatic heterocycles. The Labute approximate surface area is 123 Å². The third kappa shape index (κ3) is 7.18. The Kier molecular flexibility index (Phi) is 10.4. The van der Waals surface area contributed by atoms with Gasteiger partial charge in [0.25, 0.3) is 0 Å². The molecule has 0 amide bonds. The van der Waals surface area contributed by atoms with E-state index in [2.05, 4.69) is 0 Å². The largest absolute Gasteiger partial charge is 0.465 e. The zero-order chi connectivity index (χ0) is 14.0. The molecule has 0 aromatic carbocycles. The van der Waals surface area contributed by atoms with Crippen LogP contribution in [0.1, 0.15) is 46.5 Å². The minimum absolute atomic E-state index is 0.324. The second-order valence-electron chi connectivity index (χ2n) is 4.23. The third-order valence-electron chi connectivity index (χ3n) is 2.52. The summed E-state index contributed by atoms with van der Waals surface area (Å²) in [5.74, 6) is -1.11. The molecule has 2 atom stereocenters. The first-order valence-electron chi connectivity index (χ1n) is 6.51. The minimum atomic E-state index is -0.478. The van der Waals surface area contributed by atoms with E-state index in [-0.39, 0.29) is 11.9 Å². The van der Waals surface area contributed by atoms with Crippen molar-refractivity contribution in [2.24, 2.45) is 5.92 Å². The molecule has 0 fully saturated rings. The molecule has 0 heterocycles. The van der Waals surface area contributed by atoms with Crippen LogP contribution >= 0.6 is 22.6 Å². The van der Waals surface area contributed by atoms with Crippen LogP contribution < -0.4 is 0 Å². The molecule has 0 spiro atoms. The normalized spacial score (nSPS) is 13.8. The number of hydrogen-bond acceptors (Lipinski definition) is 4. The van der Waals surface area contributed by atoms with Crippen LogP contribution in [0.2, 0.25) is 0 Å². The van der Waals surface area contributed by atoms with Gasteiger partial charge in [-0.15, -0.1) is 0 Å². The highest BCUT2D eigenvalue weighted by molar-refractivity contribution is 14.1. The first-order valence-corrected chi connectivity index (χ1v) is 7.76. The fourth-order valence-electron chi connectivity index (χ4n) is 1.17. The predicted molar refractivity (Wildman–Crippen MR) is 78.7 cm³/mol. The number of alkyl halides is 1. The molecular formula is C13H23IO4. The molecule has 0 N–H and O–H groups in total. The van der Waals surface area contributed by atoms with E-state index < -0.39 is 9.84 Å². The van der Waals surface area contributed by atoms with Crippen molar-refractivity contribution in [3.05, 3.63) is 0 Å². The summed E-state index contributed by atoms with van der Waals surface area (Å²) < 4.78 is 9.70. The average Bonchev–Trinajstić information content (AvgIpc) is 2.37. The Bertz CT molecular complexity index is 229. The van der Waals surface area contributed by atoms with E-state index in [9.17, 15) is 9.59 Å². The van der Waals surface area contributed by atoms with Crippen LogP contribution in [0.25, 0.3) is 0 Å². The molecule has 0 aliphatic heterocycles. The topological polar surface area (TPSA) is 52.6 Å². The van der Waals surface area contributed by atoms with Crippen LogP contribution in [-0.2, 0) is 19.1 Å². The molecule has 0 saturated heterocycles. The van der Waals surface area contributed by atoms with Crippen LogP contribution in [0, 0.1) is 5.92 Å². The van der Waals surface area contributed by atoms with Gasteiger partial charge in [-0.3, -0.25) is 9.59 Å². The van der Waals surface area contributed by atoms with E-state index in [0.717, 1.165) is 25.7 Å². The Morgan fingerprint density at radius 1 is 1.00 bits per heavy atom. The number of unbranched alkanes of at least 4 members (excludes halogenated alkanes) is 2. The molecule has 5 heteroatoms. The second-order valence-corrected chi connectivity index (χ2v) is 5.57. The van der Waals surface area contributed by atoms with Crippen molar-refractivity contribution in [1.82, 2.24) is 0 Å². The maximum atomic E-state index is 11.7. The summed E-state index contributed by atoms with van der Waals surface area (Å²) in [5.41, 5.74) is 0. The minimum Gasteiger partial charge on any atom is -0.465 e. The number of carbonyl (C=O) groups excluding carboxylic acids is 2. The number of hydrogen-bond donors (Lipinski definition) is 0. The van der Waals surface area contributed by atoms with Crippen molar-refractivity contribution in [2.75, 3.05) is 13.2 Å². The van der Waals surface area contributed by atoms with Gasteiger partial charge in [-0.2, -0.15) is 0 Å². The van der Waals surface area contributed by atoms with Gasteiger partial charge in [0, 0.05) is 0 Å². The summed E-state index contributed by atoms with van der Waals surface area (Å²) in [6.45, 7) is 6.61. The summed E-state index contributed by atoms with van der Waals surface area (Å²) in [7, 11) is 0. The molecular weight excluding hydrogens is 347 g/mol. The van der Waals surface area contributed by atoms with Crippen molar-refractivity contribution in [2.45, 2.75) is 50.4 Å². The maximum Gasteiger partial charge on any atom is 0.319 e. The predicted octanol–water partition coefficient (Wildman–Crippen LogP) is 3.11. The highest BCUT2D eigenvalue weighted by atomic mass is 127. The third-order valence-corrected chi connectivity index (χ3v) is 4.11. The Balaban J connectivity index is 4.02. The van der Waals surface area contributed by atoms with Gasteiger partial charge in [0.15, 0.2) is 0 Å². The first kappa shape index (κ1) is 17.7. The molecule has 4 nitrogen and oxygen atoms in total. The number of halogens is 1. The van der Waals surface area contributed by atoms with Gasteiger partial charge in [0.1, 0.15) is 3.92 Å². The summed E-state index contributed by atoms with van der Waals surface area (Å²) in [4.78, 5) is 23.3. The Hall–Kier alpha value is -0.330. The maximum absolute atomic E-state index is 11.7. The van der Waals surface area contributed by atoms with Crippen molar-refractivity contribution < 1.29 is 19.1 Å². The zero-order valence-electron chi connectivity index (χ0n) is 11.4. The SMILES string of the molecule is CCCCOC(=O)C(C)C(I)C(=O)OCCCC. The van der Waals surface area contributed by atoms with E-state index in [1.165, 1.54) is 0 Å². The molecule has 0 aliphatic rings. The lowest BCUT2D eigenvalue weighted by molar-refractivity contribution is -0.153. The van der Waals surface area contributed by atoms with Crippen LogP contribution in [-0.4, -0.2) is 29.1 Å². The second kappa shape index (κ2) is 10.6. The molecule has 0 radical (unpaired) electrons. The van der Waals surface area contributed by atoms with Crippen LogP contribution in [0.15, 0.2) is 0 Å². The number of rotatable bonds is 9. The molecule has 106 valence electrons. The monoisotopic (exact) mass is 370 g/mol. The van der Waals surface area contributed by atoms with Gasteiger partial charge in [-0.05, 0) is 12.8 Å². The Morgan fingerprint density at radius 3 is 1.89 bits per heavy atom. The van der Waals surface area contributed by atoms with Gasteiger partial charge in [0.05, 0.1) is 19.1 Å². The van der Waals surface area contributed by atoms with Crippen LogP contribution in [0.5, 0.6) is 0 Å². The molecule has 0 bridgehead atoms. The van der Waals surface area contributed by atoms with Gasteiger partial charge in [-0.25, -0.2) is 0 Å². The molecule has 0 aromatic rings. The molecule has 18 heavy (non-hydrogen) atoms. The van der Waals surface area contributed by atoms with Gasteiger partial charge in [-0.1, -0.05) is 56.2 Å². The molecule has 0 rings (SSSR count). The highest BCUT2D eigenvalue weighted by Gasteiger charge is 2.30. The Morgan fingerprint density at radius 2 is 1.44 bits per heavy atom. The fraction of sp³-hybridized carbons (Fsp3) is 0.846. The van der Waals surface area contributed by atoms with Gasteiger partial charge < -0.3 is 9.47 Å².